The van der Waals surface area contributed by atoms with Gasteiger partial charge in [0.05, 0.1) is 11.4 Å². The summed E-state index contributed by atoms with van der Waals surface area (Å²) >= 11 is 0. The van der Waals surface area contributed by atoms with E-state index in [4.69, 9.17) is 5.73 Å². The molecule has 2 aromatic carbocycles. The van der Waals surface area contributed by atoms with Crippen molar-refractivity contribution in [2.24, 2.45) is 0 Å². The number of nitrogens with two attached hydrogens (primary N) is 1. The summed E-state index contributed by atoms with van der Waals surface area (Å²) in [6.45, 7) is 2.51. The zero-order chi connectivity index (χ0) is 13.0. The predicted octanol–water partition coefficient (Wildman–Crippen LogP) is 3.37. The van der Waals surface area contributed by atoms with Gasteiger partial charge in [-0.2, -0.15) is 0 Å². The second-order valence-corrected chi connectivity index (χ2v) is 4.35. The Bertz CT molecular complexity index is 524. The van der Waals surface area contributed by atoms with Gasteiger partial charge >= 0.3 is 0 Å². The average Bonchev–Trinajstić information content (AvgIpc) is 2.37. The summed E-state index contributed by atoms with van der Waals surface area (Å²) in [5.41, 5.74) is 8.88. The minimum atomic E-state index is -0.263. The van der Waals surface area contributed by atoms with Gasteiger partial charge in [-0.1, -0.05) is 30.3 Å². The summed E-state index contributed by atoms with van der Waals surface area (Å²) in [5, 5.41) is 3.24. The van der Waals surface area contributed by atoms with Crippen LogP contribution in [0, 0.1) is 12.7 Å². The zero-order valence-corrected chi connectivity index (χ0v) is 10.4. The smallest absolute Gasteiger partial charge is 0.128 e. The van der Waals surface area contributed by atoms with E-state index in [-0.39, 0.29) is 5.82 Å². The lowest BCUT2D eigenvalue weighted by Gasteiger charge is -2.11. The number of anilines is 2. The van der Waals surface area contributed by atoms with Crippen LogP contribution in [0.1, 0.15) is 11.1 Å². The summed E-state index contributed by atoms with van der Waals surface area (Å²) < 4.78 is 13.2. The second-order valence-electron chi connectivity index (χ2n) is 4.35. The number of nitrogens with one attached hydrogen (secondary N) is 1. The molecule has 0 heterocycles. The van der Waals surface area contributed by atoms with Crippen LogP contribution in [-0.2, 0) is 6.42 Å². The van der Waals surface area contributed by atoms with Gasteiger partial charge in [-0.3, -0.25) is 0 Å². The molecule has 0 aromatic heterocycles. The summed E-state index contributed by atoms with van der Waals surface area (Å²) in [6.07, 6.45) is 0.913. The molecule has 2 nitrogen and oxygen atoms in total. The van der Waals surface area contributed by atoms with Gasteiger partial charge in [0.15, 0.2) is 0 Å². The molecule has 0 bridgehead atoms. The van der Waals surface area contributed by atoms with Crippen LogP contribution in [0.2, 0.25) is 0 Å². The number of hydrogen-bond acceptors (Lipinski definition) is 2. The molecular formula is C15H17FN2. The molecule has 18 heavy (non-hydrogen) atoms. The Morgan fingerprint density at radius 1 is 1.17 bits per heavy atom. The van der Waals surface area contributed by atoms with E-state index < -0.39 is 0 Å². The Morgan fingerprint density at radius 3 is 2.61 bits per heavy atom. The van der Waals surface area contributed by atoms with Crippen LogP contribution in [0.5, 0.6) is 0 Å². The van der Waals surface area contributed by atoms with Gasteiger partial charge in [0, 0.05) is 6.54 Å². The molecule has 0 unspecified atom stereocenters. The molecule has 94 valence electrons. The Labute approximate surface area is 107 Å². The maximum absolute atomic E-state index is 13.2. The summed E-state index contributed by atoms with van der Waals surface area (Å²) in [4.78, 5) is 0. The van der Waals surface area contributed by atoms with Crippen molar-refractivity contribution in [1.29, 1.82) is 0 Å². The van der Waals surface area contributed by atoms with Gasteiger partial charge < -0.3 is 11.1 Å². The quantitative estimate of drug-likeness (QED) is 0.809. The predicted molar refractivity (Wildman–Crippen MR) is 74.2 cm³/mol. The van der Waals surface area contributed by atoms with Gasteiger partial charge in [0.1, 0.15) is 5.82 Å². The van der Waals surface area contributed by atoms with E-state index in [1.54, 1.807) is 13.0 Å². The van der Waals surface area contributed by atoms with E-state index in [0.717, 1.165) is 18.7 Å². The monoisotopic (exact) mass is 244 g/mol. The Morgan fingerprint density at radius 2 is 1.89 bits per heavy atom. The van der Waals surface area contributed by atoms with Crippen molar-refractivity contribution in [2.45, 2.75) is 13.3 Å². The van der Waals surface area contributed by atoms with Crippen LogP contribution in [0.3, 0.4) is 0 Å². The van der Waals surface area contributed by atoms with Gasteiger partial charge in [-0.05, 0) is 36.6 Å². The third kappa shape index (κ3) is 3.00. The molecule has 0 amide bonds. The molecule has 3 N–H and O–H groups in total. The normalized spacial score (nSPS) is 10.3. The standard InChI is InChI=1S/C15H17FN2/c1-11-9-15(14(17)10-13(11)16)18-8-7-12-5-3-2-4-6-12/h2-6,9-10,18H,7-8,17H2,1H3. The van der Waals surface area contributed by atoms with Crippen molar-refractivity contribution in [3.8, 4) is 0 Å². The Balaban J connectivity index is 1.97. The average molecular weight is 244 g/mol. The van der Waals surface area contributed by atoms with E-state index in [1.807, 2.05) is 18.2 Å². The van der Waals surface area contributed by atoms with Crippen LogP contribution in [-0.4, -0.2) is 6.54 Å². The van der Waals surface area contributed by atoms with Crippen LogP contribution < -0.4 is 11.1 Å². The Kier molecular flexibility index (Phi) is 3.82. The van der Waals surface area contributed by atoms with Crippen LogP contribution in [0.15, 0.2) is 42.5 Å². The van der Waals surface area contributed by atoms with E-state index in [9.17, 15) is 4.39 Å². The maximum atomic E-state index is 13.2. The lowest BCUT2D eigenvalue weighted by molar-refractivity contribution is 0.619. The molecule has 3 heteroatoms. The third-order valence-corrected chi connectivity index (χ3v) is 2.90. The highest BCUT2D eigenvalue weighted by molar-refractivity contribution is 5.67. The SMILES string of the molecule is Cc1cc(NCCc2ccccc2)c(N)cc1F. The fraction of sp³-hybridized carbons (Fsp3) is 0.200. The molecular weight excluding hydrogens is 227 g/mol. The molecule has 0 radical (unpaired) electrons. The van der Waals surface area contributed by atoms with Gasteiger partial charge in [0.25, 0.3) is 0 Å². The van der Waals surface area contributed by atoms with Crippen molar-refractivity contribution in [3.05, 3.63) is 59.4 Å². The summed E-state index contributed by atoms with van der Waals surface area (Å²) in [6, 6.07) is 13.3. The molecule has 0 aliphatic carbocycles. The second kappa shape index (κ2) is 5.54. The molecule has 0 fully saturated rings. The fourth-order valence-corrected chi connectivity index (χ4v) is 1.84. The largest absolute Gasteiger partial charge is 0.397 e. The highest BCUT2D eigenvalue weighted by atomic mass is 19.1. The third-order valence-electron chi connectivity index (χ3n) is 2.90. The van der Waals surface area contributed by atoms with Gasteiger partial charge in [-0.15, -0.1) is 0 Å². The van der Waals surface area contributed by atoms with Crippen LogP contribution in [0.4, 0.5) is 15.8 Å². The van der Waals surface area contributed by atoms with Gasteiger partial charge in [0.2, 0.25) is 0 Å². The molecule has 0 spiro atoms. The molecule has 2 rings (SSSR count). The number of halogens is 1. The minimum Gasteiger partial charge on any atom is -0.397 e. The van der Waals surface area contributed by atoms with E-state index >= 15 is 0 Å². The first-order valence-corrected chi connectivity index (χ1v) is 6.00. The number of nitrogen functional groups attached to an aromatic ring is 1. The van der Waals surface area contributed by atoms with E-state index in [0.29, 0.717) is 11.3 Å². The van der Waals surface area contributed by atoms with Crippen LogP contribution >= 0.6 is 0 Å². The topological polar surface area (TPSA) is 38.0 Å². The lowest BCUT2D eigenvalue weighted by Crippen LogP contribution is -2.07. The van der Waals surface area contributed by atoms with Crippen LogP contribution in [0.25, 0.3) is 0 Å². The van der Waals surface area contributed by atoms with Crippen molar-refractivity contribution >= 4 is 11.4 Å². The highest BCUT2D eigenvalue weighted by Gasteiger charge is 2.04. The van der Waals surface area contributed by atoms with E-state index in [2.05, 4.69) is 17.4 Å². The number of benzene rings is 2. The summed E-state index contributed by atoms with van der Waals surface area (Å²) in [5.74, 6) is -0.263. The molecule has 0 aliphatic rings. The zero-order valence-electron chi connectivity index (χ0n) is 10.4. The fourth-order valence-electron chi connectivity index (χ4n) is 1.84. The van der Waals surface area contributed by atoms with E-state index in [1.165, 1.54) is 11.6 Å². The molecule has 0 aliphatic heterocycles. The molecule has 0 atom stereocenters. The number of hydrogen-bond donors (Lipinski definition) is 2. The maximum Gasteiger partial charge on any atom is 0.128 e. The molecule has 0 saturated carbocycles. The first-order valence-electron chi connectivity index (χ1n) is 6.00. The lowest BCUT2D eigenvalue weighted by atomic mass is 10.1. The molecule has 0 saturated heterocycles. The van der Waals surface area contributed by atoms with Crippen molar-refractivity contribution in [1.82, 2.24) is 0 Å². The first kappa shape index (κ1) is 12.4. The molecule has 2 aromatic rings. The van der Waals surface area contributed by atoms with Crippen molar-refractivity contribution in [2.75, 3.05) is 17.6 Å². The highest BCUT2D eigenvalue weighted by Crippen LogP contribution is 2.22. The van der Waals surface area contributed by atoms with Crippen molar-refractivity contribution < 1.29 is 4.39 Å². The minimum absolute atomic E-state index is 0.263. The first-order chi connectivity index (χ1) is 8.66. The van der Waals surface area contributed by atoms with Crippen molar-refractivity contribution in [3.63, 3.8) is 0 Å². The Hall–Kier alpha value is -2.03. The number of rotatable bonds is 4. The summed E-state index contributed by atoms with van der Waals surface area (Å²) in [7, 11) is 0. The van der Waals surface area contributed by atoms with Gasteiger partial charge in [-0.25, -0.2) is 4.39 Å². The number of aryl methyl sites for hydroxylation is 1.